The second-order valence-corrected chi connectivity index (χ2v) is 6.05. The van der Waals surface area contributed by atoms with Gasteiger partial charge in [0.2, 0.25) is 0 Å². The fourth-order valence-corrected chi connectivity index (χ4v) is 3.22. The van der Waals surface area contributed by atoms with Crippen molar-refractivity contribution in [1.82, 2.24) is 4.98 Å². The summed E-state index contributed by atoms with van der Waals surface area (Å²) < 4.78 is 0. The van der Waals surface area contributed by atoms with E-state index in [1.165, 1.54) is 16.7 Å². The number of aliphatic hydroxyl groups is 1. The molecular formula is C19H23NO. The normalized spacial score (nSPS) is 19.0. The molecule has 0 saturated heterocycles. The van der Waals surface area contributed by atoms with Crippen molar-refractivity contribution in [3.8, 4) is 0 Å². The van der Waals surface area contributed by atoms with Gasteiger partial charge in [0, 0.05) is 18.3 Å². The molecule has 0 bridgehead atoms. The maximum absolute atomic E-state index is 10.5. The molecule has 0 spiro atoms. The molecule has 21 heavy (non-hydrogen) atoms. The van der Waals surface area contributed by atoms with Crippen LogP contribution in [0.3, 0.4) is 0 Å². The first-order chi connectivity index (χ1) is 10.3. The summed E-state index contributed by atoms with van der Waals surface area (Å²) in [7, 11) is 0. The Hall–Kier alpha value is -1.67. The molecule has 1 aromatic carbocycles. The Bertz CT molecular complexity index is 591. The molecule has 2 unspecified atom stereocenters. The topological polar surface area (TPSA) is 33.1 Å². The fraction of sp³-hybridized carbons (Fsp3) is 0.421. The van der Waals surface area contributed by atoms with Crippen LogP contribution in [0.1, 0.15) is 35.7 Å². The van der Waals surface area contributed by atoms with E-state index < -0.39 is 0 Å². The molecule has 0 amide bonds. The zero-order chi connectivity index (χ0) is 14.7. The van der Waals surface area contributed by atoms with Gasteiger partial charge < -0.3 is 5.11 Å². The molecule has 2 aromatic rings. The Morgan fingerprint density at radius 2 is 2.00 bits per heavy atom. The van der Waals surface area contributed by atoms with Crippen LogP contribution in [0, 0.1) is 5.92 Å². The number of hydrogen-bond acceptors (Lipinski definition) is 2. The minimum atomic E-state index is -0.293. The maximum Gasteiger partial charge on any atom is 0.0627 e. The lowest BCUT2D eigenvalue weighted by molar-refractivity contribution is 0.0984. The third-order valence-electron chi connectivity index (χ3n) is 4.64. The lowest BCUT2D eigenvalue weighted by Gasteiger charge is -2.28. The first-order valence-corrected chi connectivity index (χ1v) is 7.95. The molecule has 2 nitrogen and oxygen atoms in total. The maximum atomic E-state index is 10.5. The molecule has 1 heterocycles. The molecule has 0 aliphatic heterocycles. The molecule has 2 heteroatoms. The Morgan fingerprint density at radius 1 is 1.19 bits per heavy atom. The van der Waals surface area contributed by atoms with Gasteiger partial charge in [-0.3, -0.25) is 4.98 Å². The van der Waals surface area contributed by atoms with Crippen LogP contribution >= 0.6 is 0 Å². The van der Waals surface area contributed by atoms with Gasteiger partial charge in [-0.05, 0) is 54.4 Å². The molecule has 1 aliphatic carbocycles. The molecule has 2 atom stereocenters. The standard InChI is InChI=1S/C19H23NO/c1-2-14-7-10-18(20-13-14)12-19(21)17-9-8-15-5-3-4-6-16(15)11-17/h3-7,10,13,17,19,21H,2,8-9,11-12H2,1H3. The first kappa shape index (κ1) is 14.3. The molecule has 0 fully saturated rings. The van der Waals surface area contributed by atoms with Crippen LogP contribution in [0.2, 0.25) is 0 Å². The lowest BCUT2D eigenvalue weighted by atomic mass is 9.80. The van der Waals surface area contributed by atoms with Gasteiger partial charge in [0.05, 0.1) is 6.10 Å². The largest absolute Gasteiger partial charge is 0.392 e. The Kier molecular flexibility index (Phi) is 4.35. The number of rotatable bonds is 4. The van der Waals surface area contributed by atoms with Crippen molar-refractivity contribution in [3.05, 3.63) is 65.0 Å². The lowest BCUT2D eigenvalue weighted by Crippen LogP contribution is -2.28. The van der Waals surface area contributed by atoms with E-state index in [2.05, 4.69) is 48.3 Å². The molecule has 3 rings (SSSR count). The Balaban J connectivity index is 1.64. The van der Waals surface area contributed by atoms with E-state index in [1.54, 1.807) is 0 Å². The number of pyridine rings is 1. The highest BCUT2D eigenvalue weighted by Crippen LogP contribution is 2.28. The van der Waals surface area contributed by atoms with Crippen LogP contribution in [0.5, 0.6) is 0 Å². The SMILES string of the molecule is CCc1ccc(CC(O)C2CCc3ccccc3C2)nc1. The van der Waals surface area contributed by atoms with Gasteiger partial charge in [-0.2, -0.15) is 0 Å². The van der Waals surface area contributed by atoms with Gasteiger partial charge in [-0.15, -0.1) is 0 Å². The zero-order valence-corrected chi connectivity index (χ0v) is 12.6. The molecule has 1 aliphatic rings. The van der Waals surface area contributed by atoms with Crippen molar-refractivity contribution in [2.24, 2.45) is 5.92 Å². The predicted octanol–water partition coefficient (Wildman–Crippen LogP) is 3.35. The molecular weight excluding hydrogens is 258 g/mol. The minimum absolute atomic E-state index is 0.293. The zero-order valence-electron chi connectivity index (χ0n) is 12.6. The van der Waals surface area contributed by atoms with Gasteiger partial charge in [-0.1, -0.05) is 37.3 Å². The first-order valence-electron chi connectivity index (χ1n) is 7.95. The van der Waals surface area contributed by atoms with Crippen LogP contribution in [0.15, 0.2) is 42.6 Å². The van der Waals surface area contributed by atoms with Crippen molar-refractivity contribution in [3.63, 3.8) is 0 Å². The highest BCUT2D eigenvalue weighted by molar-refractivity contribution is 5.30. The van der Waals surface area contributed by atoms with Crippen LogP contribution in [-0.2, 0) is 25.7 Å². The number of aryl methyl sites for hydroxylation is 2. The average Bonchev–Trinajstić information content (AvgIpc) is 2.55. The third-order valence-corrected chi connectivity index (χ3v) is 4.64. The van der Waals surface area contributed by atoms with Gasteiger partial charge >= 0.3 is 0 Å². The molecule has 1 aromatic heterocycles. The van der Waals surface area contributed by atoms with Crippen LogP contribution in [-0.4, -0.2) is 16.2 Å². The summed E-state index contributed by atoms with van der Waals surface area (Å²) in [5, 5.41) is 10.5. The smallest absolute Gasteiger partial charge is 0.0627 e. The number of benzene rings is 1. The van der Waals surface area contributed by atoms with Crippen molar-refractivity contribution in [2.75, 3.05) is 0 Å². The average molecular weight is 281 g/mol. The summed E-state index contributed by atoms with van der Waals surface area (Å²) in [4.78, 5) is 4.47. The summed E-state index contributed by atoms with van der Waals surface area (Å²) in [6, 6.07) is 12.8. The Morgan fingerprint density at radius 3 is 2.71 bits per heavy atom. The van der Waals surface area contributed by atoms with E-state index in [9.17, 15) is 5.11 Å². The minimum Gasteiger partial charge on any atom is -0.392 e. The Labute approximate surface area is 126 Å². The molecule has 0 radical (unpaired) electrons. The summed E-state index contributed by atoms with van der Waals surface area (Å²) in [5.74, 6) is 0.354. The van der Waals surface area contributed by atoms with Crippen LogP contribution < -0.4 is 0 Å². The second kappa shape index (κ2) is 6.40. The van der Waals surface area contributed by atoms with Gasteiger partial charge in [-0.25, -0.2) is 0 Å². The summed E-state index contributed by atoms with van der Waals surface area (Å²) in [6.45, 7) is 2.13. The van der Waals surface area contributed by atoms with Crippen molar-refractivity contribution >= 4 is 0 Å². The number of nitrogens with zero attached hydrogens (tertiary/aromatic N) is 1. The molecule has 110 valence electrons. The monoisotopic (exact) mass is 281 g/mol. The van der Waals surface area contributed by atoms with E-state index in [-0.39, 0.29) is 6.10 Å². The quantitative estimate of drug-likeness (QED) is 0.932. The molecule has 0 saturated carbocycles. The second-order valence-electron chi connectivity index (χ2n) is 6.05. The number of hydrogen-bond donors (Lipinski definition) is 1. The van der Waals surface area contributed by atoms with Crippen molar-refractivity contribution in [1.29, 1.82) is 0 Å². The number of aromatic nitrogens is 1. The van der Waals surface area contributed by atoms with Crippen molar-refractivity contribution < 1.29 is 5.11 Å². The summed E-state index contributed by atoms with van der Waals surface area (Å²) in [5.41, 5.74) is 5.10. The van der Waals surface area contributed by atoms with E-state index in [1.807, 2.05) is 6.20 Å². The highest BCUT2D eigenvalue weighted by Gasteiger charge is 2.25. The van der Waals surface area contributed by atoms with E-state index in [0.29, 0.717) is 12.3 Å². The summed E-state index contributed by atoms with van der Waals surface area (Å²) >= 11 is 0. The van der Waals surface area contributed by atoms with Gasteiger partial charge in [0.25, 0.3) is 0 Å². The van der Waals surface area contributed by atoms with Gasteiger partial charge in [0.1, 0.15) is 0 Å². The third kappa shape index (κ3) is 3.33. The molecule has 1 N–H and O–H groups in total. The summed E-state index contributed by atoms with van der Waals surface area (Å²) in [6.07, 6.45) is 6.46. The van der Waals surface area contributed by atoms with Crippen molar-refractivity contribution in [2.45, 2.75) is 45.1 Å². The van der Waals surface area contributed by atoms with E-state index in [0.717, 1.165) is 31.4 Å². The fourth-order valence-electron chi connectivity index (χ4n) is 3.22. The predicted molar refractivity (Wildman–Crippen MR) is 85.3 cm³/mol. The highest BCUT2D eigenvalue weighted by atomic mass is 16.3. The van der Waals surface area contributed by atoms with Crippen LogP contribution in [0.4, 0.5) is 0 Å². The van der Waals surface area contributed by atoms with E-state index >= 15 is 0 Å². The number of aliphatic hydroxyl groups excluding tert-OH is 1. The van der Waals surface area contributed by atoms with Crippen LogP contribution in [0.25, 0.3) is 0 Å². The van der Waals surface area contributed by atoms with E-state index in [4.69, 9.17) is 0 Å². The number of fused-ring (bicyclic) bond motifs is 1. The van der Waals surface area contributed by atoms with Gasteiger partial charge in [0.15, 0.2) is 0 Å².